The van der Waals surface area contributed by atoms with E-state index in [2.05, 4.69) is 13.8 Å². The number of unbranched alkanes of at least 4 members (excludes halogenated alkanes) is 2. The smallest absolute Gasteiger partial charge is 0.335 e. The van der Waals surface area contributed by atoms with Gasteiger partial charge < -0.3 is 10.2 Å². The molecule has 0 heterocycles. The Kier molecular flexibility index (Phi) is 6.22. The van der Waals surface area contributed by atoms with Crippen molar-refractivity contribution in [1.82, 2.24) is 0 Å². The Morgan fingerprint density at radius 1 is 0.950 bits per heavy atom. The van der Waals surface area contributed by atoms with Crippen LogP contribution in [0.1, 0.15) is 71.4 Å². The van der Waals surface area contributed by atoms with Crippen molar-refractivity contribution in [2.24, 2.45) is 0 Å². The van der Waals surface area contributed by atoms with E-state index in [-0.39, 0.29) is 11.1 Å². The molecule has 0 aliphatic heterocycles. The number of carbonyl (C=O) groups is 2. The molecule has 0 bridgehead atoms. The molecule has 110 valence electrons. The van der Waals surface area contributed by atoms with Crippen LogP contribution in [0.2, 0.25) is 0 Å². The zero-order chi connectivity index (χ0) is 15.1. The van der Waals surface area contributed by atoms with Gasteiger partial charge in [0.1, 0.15) is 0 Å². The van der Waals surface area contributed by atoms with Crippen LogP contribution in [0, 0.1) is 0 Å². The number of hydrogen-bond donors (Lipinski definition) is 2. The maximum Gasteiger partial charge on any atom is 0.335 e. The summed E-state index contributed by atoms with van der Waals surface area (Å²) < 4.78 is 0. The number of benzene rings is 1. The summed E-state index contributed by atoms with van der Waals surface area (Å²) in [4.78, 5) is 22.5. The summed E-state index contributed by atoms with van der Waals surface area (Å²) in [6.07, 6.45) is 5.24. The van der Waals surface area contributed by atoms with Crippen molar-refractivity contribution in [2.45, 2.75) is 52.4 Å². The quantitative estimate of drug-likeness (QED) is 0.759. The van der Waals surface area contributed by atoms with Crippen molar-refractivity contribution in [3.63, 3.8) is 0 Å². The van der Waals surface area contributed by atoms with Crippen molar-refractivity contribution >= 4 is 11.9 Å². The molecule has 1 aromatic rings. The normalized spacial score (nSPS) is 10.5. The summed E-state index contributed by atoms with van der Waals surface area (Å²) in [5, 5.41) is 18.4. The minimum absolute atomic E-state index is 0.0637. The van der Waals surface area contributed by atoms with Gasteiger partial charge in [0.2, 0.25) is 0 Å². The Morgan fingerprint density at radius 3 is 2.05 bits per heavy atom. The average Bonchev–Trinajstić information content (AvgIpc) is 2.42. The van der Waals surface area contributed by atoms with E-state index in [9.17, 15) is 14.7 Å². The maximum absolute atomic E-state index is 11.4. The number of carboxylic acids is 2. The number of aryl methyl sites for hydroxylation is 1. The lowest BCUT2D eigenvalue weighted by atomic mass is 9.91. The third-order valence-electron chi connectivity index (χ3n) is 3.40. The zero-order valence-corrected chi connectivity index (χ0v) is 12.1. The molecule has 0 amide bonds. The second-order valence-electron chi connectivity index (χ2n) is 4.98. The van der Waals surface area contributed by atoms with Crippen LogP contribution in [0.25, 0.3) is 0 Å². The van der Waals surface area contributed by atoms with Gasteiger partial charge >= 0.3 is 11.9 Å². The van der Waals surface area contributed by atoms with Gasteiger partial charge in [-0.05, 0) is 48.9 Å². The van der Waals surface area contributed by atoms with Crippen molar-refractivity contribution in [1.29, 1.82) is 0 Å². The monoisotopic (exact) mass is 278 g/mol. The van der Waals surface area contributed by atoms with E-state index in [0.717, 1.165) is 43.2 Å². The van der Waals surface area contributed by atoms with Crippen LogP contribution < -0.4 is 0 Å². The lowest BCUT2D eigenvalue weighted by molar-refractivity contribution is 0.0695. The first-order valence-electron chi connectivity index (χ1n) is 7.13. The van der Waals surface area contributed by atoms with Crippen LogP contribution in [0.3, 0.4) is 0 Å². The predicted molar refractivity (Wildman–Crippen MR) is 77.6 cm³/mol. The Hall–Kier alpha value is -1.84. The third kappa shape index (κ3) is 4.08. The molecule has 0 unspecified atom stereocenters. The first-order valence-corrected chi connectivity index (χ1v) is 7.13. The van der Waals surface area contributed by atoms with Gasteiger partial charge in [-0.15, -0.1) is 0 Å². The van der Waals surface area contributed by atoms with Gasteiger partial charge in [0.25, 0.3) is 0 Å². The van der Waals surface area contributed by atoms with Crippen LogP contribution in [0.4, 0.5) is 0 Å². The lowest BCUT2D eigenvalue weighted by Crippen LogP contribution is -2.10. The van der Waals surface area contributed by atoms with E-state index in [4.69, 9.17) is 5.11 Å². The number of hydrogen-bond acceptors (Lipinski definition) is 2. The van der Waals surface area contributed by atoms with Crippen LogP contribution in [-0.2, 0) is 12.8 Å². The molecule has 4 nitrogen and oxygen atoms in total. The minimum atomic E-state index is -1.08. The van der Waals surface area contributed by atoms with E-state index in [1.807, 2.05) is 0 Å². The van der Waals surface area contributed by atoms with Crippen molar-refractivity contribution < 1.29 is 19.8 Å². The van der Waals surface area contributed by atoms with Gasteiger partial charge in [-0.1, -0.05) is 26.7 Å². The van der Waals surface area contributed by atoms with Gasteiger partial charge in [-0.3, -0.25) is 0 Å². The highest BCUT2D eigenvalue weighted by Crippen LogP contribution is 2.22. The zero-order valence-electron chi connectivity index (χ0n) is 12.1. The first kappa shape index (κ1) is 16.2. The molecule has 0 aliphatic rings. The first-order chi connectivity index (χ1) is 9.51. The summed E-state index contributed by atoms with van der Waals surface area (Å²) in [7, 11) is 0. The Bertz CT molecular complexity index is 491. The summed E-state index contributed by atoms with van der Waals surface area (Å²) in [5.74, 6) is -2.12. The minimum Gasteiger partial charge on any atom is -0.478 e. The van der Waals surface area contributed by atoms with E-state index in [0.29, 0.717) is 6.42 Å². The van der Waals surface area contributed by atoms with Crippen molar-refractivity contribution in [3.05, 3.63) is 34.4 Å². The molecule has 1 rings (SSSR count). The fraction of sp³-hybridized carbons (Fsp3) is 0.500. The summed E-state index contributed by atoms with van der Waals surface area (Å²) >= 11 is 0. The molecule has 1 aromatic carbocycles. The van der Waals surface area contributed by atoms with Gasteiger partial charge in [0.15, 0.2) is 0 Å². The second kappa shape index (κ2) is 7.68. The number of rotatable bonds is 8. The summed E-state index contributed by atoms with van der Waals surface area (Å²) in [5.41, 5.74) is 1.88. The van der Waals surface area contributed by atoms with E-state index in [1.165, 1.54) is 6.07 Å². The molecular formula is C16H22O4. The Labute approximate surface area is 119 Å². The van der Waals surface area contributed by atoms with E-state index in [1.54, 1.807) is 6.07 Å². The van der Waals surface area contributed by atoms with E-state index < -0.39 is 11.9 Å². The van der Waals surface area contributed by atoms with Gasteiger partial charge in [0, 0.05) is 0 Å². The summed E-state index contributed by atoms with van der Waals surface area (Å²) in [6, 6.07) is 2.92. The lowest BCUT2D eigenvalue weighted by Gasteiger charge is -2.14. The highest BCUT2D eigenvalue weighted by Gasteiger charge is 2.18. The molecule has 0 fully saturated rings. The molecule has 0 saturated carbocycles. The fourth-order valence-corrected chi connectivity index (χ4v) is 2.29. The van der Waals surface area contributed by atoms with Gasteiger partial charge in [-0.25, -0.2) is 9.59 Å². The number of aromatic carboxylic acids is 2. The number of carboxylic acid groups (broad SMARTS) is 2. The van der Waals surface area contributed by atoms with Gasteiger partial charge in [0.05, 0.1) is 11.1 Å². The van der Waals surface area contributed by atoms with Crippen molar-refractivity contribution in [2.75, 3.05) is 0 Å². The van der Waals surface area contributed by atoms with Crippen LogP contribution in [-0.4, -0.2) is 22.2 Å². The molecular weight excluding hydrogens is 256 g/mol. The predicted octanol–water partition coefficient (Wildman–Crippen LogP) is 3.77. The van der Waals surface area contributed by atoms with Crippen LogP contribution in [0.15, 0.2) is 12.1 Å². The standard InChI is InChI=1S/C16H22O4/c1-3-5-7-11-9-12(15(17)18)10-14(16(19)20)13(11)8-6-4-2/h9-10H,3-8H2,1-2H3,(H,17,18)(H,19,20). The maximum atomic E-state index is 11.4. The molecule has 2 N–H and O–H groups in total. The van der Waals surface area contributed by atoms with E-state index >= 15 is 0 Å². The van der Waals surface area contributed by atoms with Gasteiger partial charge in [-0.2, -0.15) is 0 Å². The molecule has 0 aliphatic carbocycles. The molecule has 0 spiro atoms. The summed E-state index contributed by atoms with van der Waals surface area (Å²) in [6.45, 7) is 4.11. The van der Waals surface area contributed by atoms with Crippen LogP contribution in [0.5, 0.6) is 0 Å². The molecule has 0 atom stereocenters. The largest absolute Gasteiger partial charge is 0.478 e. The molecule has 0 saturated heterocycles. The topological polar surface area (TPSA) is 74.6 Å². The average molecular weight is 278 g/mol. The van der Waals surface area contributed by atoms with Crippen LogP contribution >= 0.6 is 0 Å². The highest BCUT2D eigenvalue weighted by atomic mass is 16.4. The van der Waals surface area contributed by atoms with Crippen molar-refractivity contribution in [3.8, 4) is 0 Å². The second-order valence-corrected chi connectivity index (χ2v) is 4.98. The highest BCUT2D eigenvalue weighted by molar-refractivity contribution is 5.95. The molecule has 4 heteroatoms. The fourth-order valence-electron chi connectivity index (χ4n) is 2.29. The molecule has 0 radical (unpaired) electrons. The molecule has 20 heavy (non-hydrogen) atoms. The third-order valence-corrected chi connectivity index (χ3v) is 3.40. The Morgan fingerprint density at radius 2 is 1.55 bits per heavy atom. The molecule has 0 aromatic heterocycles. The Balaban J connectivity index is 3.32. The SMILES string of the molecule is CCCCc1cc(C(=O)O)cc(C(=O)O)c1CCCC.